The first kappa shape index (κ1) is 26.8. The number of nitrogens with zero attached hydrogens (tertiary/aromatic N) is 2. The van der Waals surface area contributed by atoms with E-state index in [-0.39, 0.29) is 0 Å². The molecule has 0 atom stereocenters. The summed E-state index contributed by atoms with van der Waals surface area (Å²) in [6.45, 7) is 0. The molecule has 0 radical (unpaired) electrons. The molecule has 48 heavy (non-hydrogen) atoms. The molecule has 2 heteroatoms. The second kappa shape index (κ2) is 10.0. The van der Waals surface area contributed by atoms with Gasteiger partial charge in [0.1, 0.15) is 0 Å². The van der Waals surface area contributed by atoms with Crippen LogP contribution in [0.4, 0.5) is 17.1 Å². The maximum Gasteiger partial charge on any atom is 0.0991 e. The third kappa shape index (κ3) is 3.45. The van der Waals surface area contributed by atoms with Crippen molar-refractivity contribution in [1.29, 1.82) is 5.26 Å². The summed E-state index contributed by atoms with van der Waals surface area (Å²) in [4.78, 5) is 2.35. The highest BCUT2D eigenvalue weighted by atomic mass is 15.1. The average Bonchev–Trinajstić information content (AvgIpc) is 3.63. The Kier molecular flexibility index (Phi) is 5.59. The van der Waals surface area contributed by atoms with Crippen LogP contribution in [0, 0.1) is 11.3 Å². The Morgan fingerprint density at radius 3 is 1.71 bits per heavy atom. The summed E-state index contributed by atoms with van der Waals surface area (Å²) in [6, 6.07) is 63.7. The molecule has 0 aromatic heterocycles. The molecule has 2 nitrogen and oxygen atoms in total. The first-order valence-corrected chi connectivity index (χ1v) is 16.4. The van der Waals surface area contributed by atoms with Crippen molar-refractivity contribution in [2.24, 2.45) is 0 Å². The Morgan fingerprint density at radius 2 is 1.00 bits per heavy atom. The van der Waals surface area contributed by atoms with E-state index in [4.69, 9.17) is 0 Å². The van der Waals surface area contributed by atoms with Crippen LogP contribution in [0.3, 0.4) is 0 Å². The van der Waals surface area contributed by atoms with Crippen molar-refractivity contribution in [2.75, 3.05) is 4.90 Å². The Labute approximate surface area is 279 Å². The lowest BCUT2D eigenvalue weighted by Crippen LogP contribution is -2.26. The minimum Gasteiger partial charge on any atom is -0.310 e. The van der Waals surface area contributed by atoms with Crippen LogP contribution in [0.25, 0.3) is 43.8 Å². The van der Waals surface area contributed by atoms with Gasteiger partial charge in [-0.25, -0.2) is 0 Å². The number of fused-ring (bicyclic) bond motifs is 14. The van der Waals surface area contributed by atoms with E-state index in [9.17, 15) is 5.26 Å². The van der Waals surface area contributed by atoms with Crippen molar-refractivity contribution in [2.45, 2.75) is 5.41 Å². The molecule has 0 aliphatic heterocycles. The van der Waals surface area contributed by atoms with Crippen molar-refractivity contribution >= 4 is 38.6 Å². The fraction of sp³-hybridized carbons (Fsp3) is 0.0217. The highest BCUT2D eigenvalue weighted by molar-refractivity contribution is 6.16. The minimum atomic E-state index is -0.492. The summed E-state index contributed by atoms with van der Waals surface area (Å²) in [6.07, 6.45) is 0. The molecule has 1 spiro atoms. The smallest absolute Gasteiger partial charge is 0.0991 e. The third-order valence-corrected chi connectivity index (χ3v) is 10.5. The molecule has 2 aliphatic carbocycles. The fourth-order valence-electron chi connectivity index (χ4n) is 8.61. The summed E-state index contributed by atoms with van der Waals surface area (Å²) in [5.41, 5.74) is 13.8. The van der Waals surface area contributed by atoms with E-state index in [1.807, 2.05) is 12.1 Å². The summed E-state index contributed by atoms with van der Waals surface area (Å²) < 4.78 is 0. The lowest BCUT2D eigenvalue weighted by Gasteiger charge is -2.33. The Morgan fingerprint density at radius 1 is 0.438 bits per heavy atom. The number of hydrogen-bond donors (Lipinski definition) is 0. The maximum absolute atomic E-state index is 9.62. The van der Waals surface area contributed by atoms with Crippen LogP contribution < -0.4 is 4.90 Å². The van der Waals surface area contributed by atoms with Gasteiger partial charge < -0.3 is 4.90 Å². The number of rotatable bonds is 3. The number of hydrogen-bond acceptors (Lipinski definition) is 2. The first-order valence-electron chi connectivity index (χ1n) is 16.4. The molecule has 0 saturated heterocycles. The van der Waals surface area contributed by atoms with Crippen LogP contribution in [0.5, 0.6) is 0 Å². The topological polar surface area (TPSA) is 27.0 Å². The molecule has 0 fully saturated rings. The molecule has 8 aromatic rings. The molecular weight excluding hydrogens is 581 g/mol. The van der Waals surface area contributed by atoms with Crippen LogP contribution >= 0.6 is 0 Å². The molecule has 0 bridgehead atoms. The zero-order valence-corrected chi connectivity index (χ0v) is 26.1. The van der Waals surface area contributed by atoms with Crippen molar-refractivity contribution in [1.82, 2.24) is 0 Å². The summed E-state index contributed by atoms with van der Waals surface area (Å²) in [5.74, 6) is 0. The largest absolute Gasteiger partial charge is 0.310 e. The number of para-hydroxylation sites is 1. The Hall–Kier alpha value is -6.43. The van der Waals surface area contributed by atoms with Crippen LogP contribution in [0.15, 0.2) is 170 Å². The lowest BCUT2D eigenvalue weighted by atomic mass is 9.70. The normalized spacial score (nSPS) is 13.1. The highest BCUT2D eigenvalue weighted by Gasteiger charge is 2.52. The van der Waals surface area contributed by atoms with E-state index < -0.39 is 5.41 Å². The molecule has 8 aromatic carbocycles. The predicted octanol–water partition coefficient (Wildman–Crippen LogP) is 11.7. The molecule has 0 unspecified atom stereocenters. The molecule has 2 aliphatic rings. The van der Waals surface area contributed by atoms with Gasteiger partial charge in [0.05, 0.1) is 22.7 Å². The predicted molar refractivity (Wildman–Crippen MR) is 197 cm³/mol. The number of benzene rings is 8. The van der Waals surface area contributed by atoms with E-state index in [1.54, 1.807) is 0 Å². The monoisotopic (exact) mass is 608 g/mol. The second-order valence-corrected chi connectivity index (χ2v) is 12.7. The molecule has 0 N–H and O–H groups in total. The van der Waals surface area contributed by atoms with Crippen LogP contribution in [0.2, 0.25) is 0 Å². The van der Waals surface area contributed by atoms with Crippen molar-refractivity contribution < 1.29 is 0 Å². The third-order valence-electron chi connectivity index (χ3n) is 10.5. The van der Waals surface area contributed by atoms with Crippen LogP contribution in [-0.2, 0) is 5.41 Å². The van der Waals surface area contributed by atoms with Gasteiger partial charge >= 0.3 is 0 Å². The molecular formula is C46H28N2. The van der Waals surface area contributed by atoms with Gasteiger partial charge in [0.15, 0.2) is 0 Å². The number of anilines is 3. The zero-order chi connectivity index (χ0) is 31.8. The standard InChI is InChI=1S/C46H28N2/c47-29-30-22-25-33(26-23-30)48(32-13-2-1-3-14-32)43-28-42-45(38-19-7-6-18-37(38)43)44-34-15-5-4-12-31(34)24-27-41(44)46(42)39-20-10-8-16-35(39)36-17-9-11-21-40(36)46/h1-28H. The average molecular weight is 609 g/mol. The van der Waals surface area contributed by atoms with Gasteiger partial charge in [-0.05, 0) is 103 Å². The van der Waals surface area contributed by atoms with Crippen LogP contribution in [-0.4, -0.2) is 0 Å². The highest BCUT2D eigenvalue weighted by Crippen LogP contribution is 2.65. The summed E-state index contributed by atoms with van der Waals surface area (Å²) in [5, 5.41) is 14.6. The first-order chi connectivity index (χ1) is 23.8. The summed E-state index contributed by atoms with van der Waals surface area (Å²) >= 11 is 0. The lowest BCUT2D eigenvalue weighted by molar-refractivity contribution is 0.795. The Balaban J connectivity index is 1.40. The van der Waals surface area contributed by atoms with Crippen LogP contribution in [0.1, 0.15) is 27.8 Å². The Bertz CT molecular complexity index is 2580. The molecule has 0 amide bonds. The van der Waals surface area contributed by atoms with Gasteiger partial charge in [0.25, 0.3) is 0 Å². The molecule has 0 saturated carbocycles. The van der Waals surface area contributed by atoms with Gasteiger partial charge in [0, 0.05) is 16.8 Å². The van der Waals surface area contributed by atoms with E-state index in [0.717, 1.165) is 17.1 Å². The fourth-order valence-corrected chi connectivity index (χ4v) is 8.61. The molecule has 222 valence electrons. The van der Waals surface area contributed by atoms with Gasteiger partial charge in [-0.1, -0.05) is 127 Å². The van der Waals surface area contributed by atoms with Gasteiger partial charge in [-0.3, -0.25) is 0 Å². The number of nitriles is 1. The van der Waals surface area contributed by atoms with Gasteiger partial charge in [-0.2, -0.15) is 5.26 Å². The zero-order valence-electron chi connectivity index (χ0n) is 26.1. The quantitative estimate of drug-likeness (QED) is 0.199. The molecule has 0 heterocycles. The summed E-state index contributed by atoms with van der Waals surface area (Å²) in [7, 11) is 0. The second-order valence-electron chi connectivity index (χ2n) is 12.7. The SMILES string of the molecule is N#Cc1ccc(N(c2ccccc2)c2cc3c(c4ccccc24)-c2c(ccc4ccccc24)C32c3ccccc3-c3ccccc32)cc1. The van der Waals surface area contributed by atoms with E-state index in [0.29, 0.717) is 5.56 Å². The van der Waals surface area contributed by atoms with E-state index in [2.05, 4.69) is 169 Å². The van der Waals surface area contributed by atoms with E-state index >= 15 is 0 Å². The minimum absolute atomic E-state index is 0.492. The van der Waals surface area contributed by atoms with Gasteiger partial charge in [0.2, 0.25) is 0 Å². The van der Waals surface area contributed by atoms with E-state index in [1.165, 1.54) is 66.1 Å². The maximum atomic E-state index is 9.62. The van der Waals surface area contributed by atoms with Crippen molar-refractivity contribution in [3.63, 3.8) is 0 Å². The van der Waals surface area contributed by atoms with Crippen molar-refractivity contribution in [3.8, 4) is 28.3 Å². The molecule has 10 rings (SSSR count). The van der Waals surface area contributed by atoms with Crippen molar-refractivity contribution in [3.05, 3.63) is 198 Å². The van der Waals surface area contributed by atoms with Gasteiger partial charge in [-0.15, -0.1) is 0 Å².